The molecule has 1 N–H and O–H groups in total. The van der Waals surface area contributed by atoms with Crippen molar-refractivity contribution in [3.63, 3.8) is 0 Å². The van der Waals surface area contributed by atoms with E-state index in [4.69, 9.17) is 5.26 Å². The van der Waals surface area contributed by atoms with E-state index in [1.165, 1.54) is 24.3 Å². The zero-order valence-corrected chi connectivity index (χ0v) is 18.4. The van der Waals surface area contributed by atoms with E-state index in [-0.39, 0.29) is 35.8 Å². The average Bonchev–Trinajstić information content (AvgIpc) is 2.70. The van der Waals surface area contributed by atoms with Gasteiger partial charge >= 0.3 is 0 Å². The Bertz CT molecular complexity index is 1170. The Morgan fingerprint density at radius 3 is 1.93 bits per heavy atom. The number of hydrogen-bond acceptors (Lipinski definition) is 5. The van der Waals surface area contributed by atoms with Gasteiger partial charge in [-0.1, -0.05) is 47.2 Å². The van der Waals surface area contributed by atoms with E-state index in [0.29, 0.717) is 0 Å². The maximum Gasteiger partial charge on any atom is 0.243 e. The van der Waals surface area contributed by atoms with Crippen molar-refractivity contribution >= 4 is 20.0 Å². The second kappa shape index (κ2) is 10.4. The summed E-state index contributed by atoms with van der Waals surface area (Å²) in [6, 6.07) is 14.7. The molecular weight excluding hydrogens is 422 g/mol. The molecule has 7 nitrogen and oxygen atoms in total. The molecule has 0 radical (unpaired) electrons. The average molecular weight is 446 g/mol. The summed E-state index contributed by atoms with van der Waals surface area (Å²) in [5.74, 6) is 5.31. The molecule has 0 heterocycles. The Kier molecular flexibility index (Phi) is 8.16. The first-order valence-corrected chi connectivity index (χ1v) is 12.0. The van der Waals surface area contributed by atoms with Gasteiger partial charge in [-0.05, 0) is 38.1 Å². The maximum absolute atomic E-state index is 12.8. The molecule has 0 spiro atoms. The van der Waals surface area contributed by atoms with Crippen molar-refractivity contribution in [3.05, 3.63) is 59.7 Å². The van der Waals surface area contributed by atoms with E-state index in [0.717, 1.165) is 15.4 Å². The minimum Gasteiger partial charge on any atom is -0.207 e. The molecule has 0 amide bonds. The van der Waals surface area contributed by atoms with Gasteiger partial charge in [0.2, 0.25) is 20.0 Å². The van der Waals surface area contributed by atoms with Crippen LogP contribution in [-0.4, -0.2) is 40.8 Å². The van der Waals surface area contributed by atoms with E-state index in [1.807, 2.05) is 19.9 Å². The standard InChI is InChI=1S/C21H23N3O4S2/c1-18-6-10-20(11-7-18)29(25,26)23-15-3-4-16-24(17-5-14-22)30(27,28)21-12-8-19(2)9-13-21/h6-13,23H,5,15-17H2,1-2H3. The van der Waals surface area contributed by atoms with Crippen molar-refractivity contribution in [1.29, 1.82) is 5.26 Å². The molecule has 0 bridgehead atoms. The van der Waals surface area contributed by atoms with Gasteiger partial charge in [0.1, 0.15) is 0 Å². The van der Waals surface area contributed by atoms with Crippen LogP contribution < -0.4 is 4.72 Å². The third-order valence-corrected chi connectivity index (χ3v) is 7.47. The molecule has 2 rings (SSSR count). The summed E-state index contributed by atoms with van der Waals surface area (Å²) in [7, 11) is -7.51. The topological polar surface area (TPSA) is 107 Å². The first kappa shape index (κ1) is 23.6. The third kappa shape index (κ3) is 6.41. The maximum atomic E-state index is 12.8. The molecule has 0 saturated carbocycles. The van der Waals surface area contributed by atoms with Crippen LogP contribution in [-0.2, 0) is 20.0 Å². The lowest BCUT2D eigenvalue weighted by atomic mass is 10.2. The smallest absolute Gasteiger partial charge is 0.207 e. The summed E-state index contributed by atoms with van der Waals surface area (Å²) in [6.45, 7) is 3.40. The monoisotopic (exact) mass is 445 g/mol. The number of nitrogens with one attached hydrogen (secondary N) is 1. The molecule has 9 heteroatoms. The molecule has 0 saturated heterocycles. The number of benzene rings is 2. The summed E-state index contributed by atoms with van der Waals surface area (Å²) >= 11 is 0. The molecule has 0 aromatic heterocycles. The third-order valence-electron chi connectivity index (χ3n) is 4.19. The zero-order valence-electron chi connectivity index (χ0n) is 16.8. The highest BCUT2D eigenvalue weighted by molar-refractivity contribution is 7.89. The summed E-state index contributed by atoms with van der Waals surface area (Å²) in [6.07, 6.45) is 0.0207. The van der Waals surface area contributed by atoms with E-state index in [2.05, 4.69) is 16.6 Å². The lowest BCUT2D eigenvalue weighted by Crippen LogP contribution is -2.32. The Morgan fingerprint density at radius 2 is 1.40 bits per heavy atom. The fourth-order valence-electron chi connectivity index (χ4n) is 2.46. The van der Waals surface area contributed by atoms with Crippen LogP contribution in [0, 0.1) is 37.0 Å². The van der Waals surface area contributed by atoms with Crippen LogP contribution >= 0.6 is 0 Å². The second-order valence-corrected chi connectivity index (χ2v) is 10.3. The fourth-order valence-corrected chi connectivity index (χ4v) is 4.72. The molecule has 30 heavy (non-hydrogen) atoms. The summed E-state index contributed by atoms with van der Waals surface area (Å²) in [4.78, 5) is 0.250. The van der Waals surface area contributed by atoms with Gasteiger partial charge in [0.05, 0.1) is 28.9 Å². The van der Waals surface area contributed by atoms with Crippen molar-refractivity contribution in [2.75, 3.05) is 19.6 Å². The van der Waals surface area contributed by atoms with E-state index < -0.39 is 20.0 Å². The number of sulfonamides is 2. The highest BCUT2D eigenvalue weighted by Crippen LogP contribution is 2.16. The van der Waals surface area contributed by atoms with Crippen LogP contribution in [0.1, 0.15) is 17.5 Å². The molecule has 0 aliphatic rings. The quantitative estimate of drug-likeness (QED) is 0.627. The van der Waals surface area contributed by atoms with Gasteiger partial charge in [-0.15, -0.1) is 0 Å². The van der Waals surface area contributed by atoms with Crippen molar-refractivity contribution in [2.45, 2.75) is 30.1 Å². The van der Waals surface area contributed by atoms with Gasteiger partial charge < -0.3 is 0 Å². The Morgan fingerprint density at radius 1 is 0.867 bits per heavy atom. The van der Waals surface area contributed by atoms with Crippen LogP contribution in [0.3, 0.4) is 0 Å². The molecule has 158 valence electrons. The van der Waals surface area contributed by atoms with Crippen LogP contribution in [0.5, 0.6) is 0 Å². The lowest BCUT2D eigenvalue weighted by molar-refractivity contribution is 0.453. The largest absolute Gasteiger partial charge is 0.243 e. The van der Waals surface area contributed by atoms with E-state index in [1.54, 1.807) is 24.3 Å². The predicted molar refractivity (Wildman–Crippen MR) is 114 cm³/mol. The van der Waals surface area contributed by atoms with E-state index in [9.17, 15) is 16.8 Å². The van der Waals surface area contributed by atoms with Gasteiger partial charge in [0, 0.05) is 13.0 Å². The molecule has 2 aromatic rings. The lowest BCUT2D eigenvalue weighted by Gasteiger charge is -2.18. The zero-order chi connectivity index (χ0) is 22.2. The molecule has 0 aliphatic carbocycles. The van der Waals surface area contributed by atoms with Crippen LogP contribution in [0.4, 0.5) is 0 Å². The van der Waals surface area contributed by atoms with Crippen LogP contribution in [0.2, 0.25) is 0 Å². The normalized spacial score (nSPS) is 11.5. The van der Waals surface area contributed by atoms with Crippen LogP contribution in [0.25, 0.3) is 0 Å². The van der Waals surface area contributed by atoms with Crippen molar-refractivity contribution in [2.24, 2.45) is 0 Å². The highest BCUT2D eigenvalue weighted by Gasteiger charge is 2.23. The van der Waals surface area contributed by atoms with Gasteiger partial charge in [-0.2, -0.15) is 14.3 Å². The Labute approximate surface area is 178 Å². The minimum absolute atomic E-state index is 0.00349. The van der Waals surface area contributed by atoms with Crippen molar-refractivity contribution < 1.29 is 16.8 Å². The van der Waals surface area contributed by atoms with Gasteiger partial charge in [-0.3, -0.25) is 0 Å². The summed E-state index contributed by atoms with van der Waals surface area (Å²) in [5.41, 5.74) is 1.87. The molecule has 0 fully saturated rings. The molecule has 0 atom stereocenters. The number of hydrogen-bond donors (Lipinski definition) is 1. The summed E-state index contributed by atoms with van der Waals surface area (Å²) < 4.78 is 53.6. The highest BCUT2D eigenvalue weighted by atomic mass is 32.2. The fraction of sp³-hybridized carbons (Fsp3) is 0.286. The molecular formula is C21H23N3O4S2. The second-order valence-electron chi connectivity index (χ2n) is 6.55. The van der Waals surface area contributed by atoms with Crippen molar-refractivity contribution in [3.8, 4) is 17.9 Å². The first-order valence-electron chi connectivity index (χ1n) is 9.12. The predicted octanol–water partition coefficient (Wildman–Crippen LogP) is 2.19. The Balaban J connectivity index is 2.06. The van der Waals surface area contributed by atoms with Gasteiger partial charge in [0.25, 0.3) is 0 Å². The number of rotatable bonds is 8. The van der Waals surface area contributed by atoms with Gasteiger partial charge in [0.15, 0.2) is 0 Å². The minimum atomic E-state index is -3.81. The molecule has 0 unspecified atom stereocenters. The number of nitriles is 1. The van der Waals surface area contributed by atoms with Gasteiger partial charge in [-0.25, -0.2) is 16.8 Å². The Hall–Kier alpha value is -2.69. The summed E-state index contributed by atoms with van der Waals surface area (Å²) in [5, 5.41) is 8.83. The van der Waals surface area contributed by atoms with Crippen molar-refractivity contribution in [1.82, 2.24) is 9.03 Å². The first-order chi connectivity index (χ1) is 14.2. The SMILES string of the molecule is Cc1ccc(S(=O)(=O)NCC#CCN(CCC#N)S(=O)(=O)c2ccc(C)cc2)cc1. The number of nitrogens with zero attached hydrogens (tertiary/aromatic N) is 2. The van der Waals surface area contributed by atoms with E-state index >= 15 is 0 Å². The van der Waals surface area contributed by atoms with Crippen LogP contribution in [0.15, 0.2) is 58.3 Å². The molecule has 0 aliphatic heterocycles. The number of aryl methyl sites for hydroxylation is 2. The molecule has 2 aromatic carbocycles.